The van der Waals surface area contributed by atoms with Crippen molar-refractivity contribution in [3.63, 3.8) is 0 Å². The van der Waals surface area contributed by atoms with Gasteiger partial charge in [0.15, 0.2) is 0 Å². The van der Waals surface area contributed by atoms with E-state index in [1.165, 1.54) is 0 Å². The lowest BCUT2D eigenvalue weighted by Gasteiger charge is -2.17. The molecule has 0 radical (unpaired) electrons. The van der Waals surface area contributed by atoms with Crippen molar-refractivity contribution in [2.45, 2.75) is 13.0 Å². The quantitative estimate of drug-likeness (QED) is 0.880. The predicted octanol–water partition coefficient (Wildman–Crippen LogP) is 4.81. The number of methoxy groups -OCH3 is 1. The minimum absolute atomic E-state index is 0.237. The molecule has 0 heterocycles. The molecule has 0 bridgehead atoms. The van der Waals surface area contributed by atoms with Gasteiger partial charge in [-0.2, -0.15) is 0 Å². The van der Waals surface area contributed by atoms with Crippen LogP contribution in [0.1, 0.15) is 18.5 Å². The Morgan fingerprint density at radius 2 is 1.75 bits per heavy atom. The van der Waals surface area contributed by atoms with E-state index in [-0.39, 0.29) is 6.04 Å². The standard InChI is InChI=1S/C15H15Cl2NO2/c1-9(18)15-12(19-2)4-3-5-13(15)20-14-8-10(16)6-7-11(14)17/h3-9H,18H2,1-2H3/t9-/m0/s1. The smallest absolute Gasteiger partial charge is 0.147 e. The second-order valence-electron chi connectivity index (χ2n) is 4.34. The van der Waals surface area contributed by atoms with Crippen molar-refractivity contribution in [1.29, 1.82) is 0 Å². The summed E-state index contributed by atoms with van der Waals surface area (Å²) in [6.07, 6.45) is 0. The van der Waals surface area contributed by atoms with E-state index in [9.17, 15) is 0 Å². The summed E-state index contributed by atoms with van der Waals surface area (Å²) < 4.78 is 11.2. The normalized spacial score (nSPS) is 12.1. The molecule has 0 unspecified atom stereocenters. The molecule has 0 saturated heterocycles. The van der Waals surface area contributed by atoms with Gasteiger partial charge in [-0.3, -0.25) is 0 Å². The molecule has 3 nitrogen and oxygen atoms in total. The Hall–Kier alpha value is -1.42. The largest absolute Gasteiger partial charge is 0.496 e. The maximum atomic E-state index is 6.11. The Morgan fingerprint density at radius 1 is 1.05 bits per heavy atom. The zero-order valence-electron chi connectivity index (χ0n) is 11.2. The summed E-state index contributed by atoms with van der Waals surface area (Å²) in [5.41, 5.74) is 6.78. The fourth-order valence-corrected chi connectivity index (χ4v) is 2.23. The molecular weight excluding hydrogens is 297 g/mol. The van der Waals surface area contributed by atoms with Gasteiger partial charge in [-0.25, -0.2) is 0 Å². The molecule has 0 saturated carbocycles. The fraction of sp³-hybridized carbons (Fsp3) is 0.200. The highest BCUT2D eigenvalue weighted by Crippen LogP contribution is 2.38. The molecule has 20 heavy (non-hydrogen) atoms. The first-order chi connectivity index (χ1) is 9.52. The Labute approximate surface area is 128 Å². The lowest BCUT2D eigenvalue weighted by molar-refractivity contribution is 0.397. The van der Waals surface area contributed by atoms with E-state index in [0.29, 0.717) is 27.3 Å². The minimum atomic E-state index is -0.237. The molecule has 5 heteroatoms. The summed E-state index contributed by atoms with van der Waals surface area (Å²) in [5, 5.41) is 1.03. The molecule has 2 rings (SSSR count). The van der Waals surface area contributed by atoms with E-state index < -0.39 is 0 Å². The molecule has 2 aromatic rings. The third-order valence-electron chi connectivity index (χ3n) is 2.81. The number of halogens is 2. The second kappa shape index (κ2) is 6.35. The van der Waals surface area contributed by atoms with Gasteiger partial charge < -0.3 is 15.2 Å². The van der Waals surface area contributed by atoms with Gasteiger partial charge in [0.05, 0.1) is 17.7 Å². The number of rotatable bonds is 4. The molecule has 0 fully saturated rings. The zero-order chi connectivity index (χ0) is 14.7. The lowest BCUT2D eigenvalue weighted by Crippen LogP contribution is -2.08. The Bertz CT molecular complexity index is 615. The molecule has 0 aromatic heterocycles. The van der Waals surface area contributed by atoms with Crippen molar-refractivity contribution in [2.75, 3.05) is 7.11 Å². The zero-order valence-corrected chi connectivity index (χ0v) is 12.7. The van der Waals surface area contributed by atoms with Crippen molar-refractivity contribution >= 4 is 23.2 Å². The van der Waals surface area contributed by atoms with E-state index in [4.69, 9.17) is 38.4 Å². The Kier molecular flexibility index (Phi) is 4.76. The molecule has 2 N–H and O–H groups in total. The van der Waals surface area contributed by atoms with Crippen LogP contribution in [0.2, 0.25) is 10.0 Å². The van der Waals surface area contributed by atoms with Gasteiger partial charge >= 0.3 is 0 Å². The summed E-state index contributed by atoms with van der Waals surface area (Å²) in [6, 6.07) is 10.3. The maximum absolute atomic E-state index is 6.11. The maximum Gasteiger partial charge on any atom is 0.147 e. The monoisotopic (exact) mass is 311 g/mol. The number of hydrogen-bond acceptors (Lipinski definition) is 3. The average molecular weight is 312 g/mol. The summed E-state index contributed by atoms with van der Waals surface area (Å²) in [6.45, 7) is 1.87. The summed E-state index contributed by atoms with van der Waals surface area (Å²) in [4.78, 5) is 0. The van der Waals surface area contributed by atoms with Gasteiger partial charge in [0.2, 0.25) is 0 Å². The molecule has 0 aliphatic heterocycles. The third kappa shape index (κ3) is 3.18. The average Bonchev–Trinajstić information content (AvgIpc) is 2.42. The molecule has 0 aliphatic carbocycles. The first-order valence-corrected chi connectivity index (χ1v) is 6.84. The van der Waals surface area contributed by atoms with Crippen LogP contribution < -0.4 is 15.2 Å². The van der Waals surface area contributed by atoms with Crippen molar-refractivity contribution in [2.24, 2.45) is 5.73 Å². The summed E-state index contributed by atoms with van der Waals surface area (Å²) in [7, 11) is 1.59. The molecule has 1 atom stereocenters. The Morgan fingerprint density at radius 3 is 2.40 bits per heavy atom. The summed E-state index contributed by atoms with van der Waals surface area (Å²) >= 11 is 12.1. The van der Waals surface area contributed by atoms with Crippen LogP contribution in [-0.2, 0) is 0 Å². The highest BCUT2D eigenvalue weighted by atomic mass is 35.5. The van der Waals surface area contributed by atoms with Crippen LogP contribution in [0.25, 0.3) is 0 Å². The van der Waals surface area contributed by atoms with Gasteiger partial charge in [-0.05, 0) is 31.2 Å². The van der Waals surface area contributed by atoms with Crippen LogP contribution in [0.4, 0.5) is 0 Å². The first kappa shape index (κ1) is 15.0. The van der Waals surface area contributed by atoms with Crippen LogP contribution >= 0.6 is 23.2 Å². The van der Waals surface area contributed by atoms with Gasteiger partial charge in [0.25, 0.3) is 0 Å². The molecule has 106 valence electrons. The molecule has 0 aliphatic rings. The molecular formula is C15H15Cl2NO2. The van der Waals surface area contributed by atoms with E-state index >= 15 is 0 Å². The van der Waals surface area contributed by atoms with Crippen LogP contribution in [0, 0.1) is 0 Å². The highest BCUT2D eigenvalue weighted by molar-refractivity contribution is 6.34. The van der Waals surface area contributed by atoms with Crippen molar-refractivity contribution in [3.8, 4) is 17.2 Å². The van der Waals surface area contributed by atoms with Gasteiger partial charge in [-0.15, -0.1) is 0 Å². The van der Waals surface area contributed by atoms with E-state index in [1.807, 2.05) is 25.1 Å². The number of hydrogen-bond donors (Lipinski definition) is 1. The SMILES string of the molecule is COc1cccc(Oc2cc(Cl)ccc2Cl)c1[C@H](C)N. The minimum Gasteiger partial charge on any atom is -0.496 e. The first-order valence-electron chi connectivity index (χ1n) is 6.08. The Balaban J connectivity index is 2.45. The van der Waals surface area contributed by atoms with E-state index in [1.54, 1.807) is 25.3 Å². The van der Waals surface area contributed by atoms with Crippen LogP contribution in [0.5, 0.6) is 17.2 Å². The van der Waals surface area contributed by atoms with Crippen molar-refractivity contribution < 1.29 is 9.47 Å². The van der Waals surface area contributed by atoms with Gasteiger partial charge in [0.1, 0.15) is 17.2 Å². The van der Waals surface area contributed by atoms with Crippen molar-refractivity contribution in [3.05, 3.63) is 52.0 Å². The second-order valence-corrected chi connectivity index (χ2v) is 5.18. The van der Waals surface area contributed by atoms with Crippen LogP contribution in [0.3, 0.4) is 0 Å². The number of nitrogens with two attached hydrogens (primary N) is 1. The van der Waals surface area contributed by atoms with E-state index in [2.05, 4.69) is 0 Å². The summed E-state index contributed by atoms with van der Waals surface area (Å²) in [5.74, 6) is 1.76. The third-order valence-corrected chi connectivity index (χ3v) is 3.36. The number of ether oxygens (including phenoxy) is 2. The molecule has 2 aromatic carbocycles. The van der Waals surface area contributed by atoms with Gasteiger partial charge in [-0.1, -0.05) is 29.3 Å². The lowest BCUT2D eigenvalue weighted by atomic mass is 10.1. The van der Waals surface area contributed by atoms with Crippen LogP contribution in [-0.4, -0.2) is 7.11 Å². The molecule has 0 amide bonds. The van der Waals surface area contributed by atoms with Crippen molar-refractivity contribution in [1.82, 2.24) is 0 Å². The van der Waals surface area contributed by atoms with Crippen LogP contribution in [0.15, 0.2) is 36.4 Å². The highest BCUT2D eigenvalue weighted by Gasteiger charge is 2.16. The predicted molar refractivity (Wildman–Crippen MR) is 82.1 cm³/mol. The topological polar surface area (TPSA) is 44.5 Å². The van der Waals surface area contributed by atoms with Gasteiger partial charge in [0, 0.05) is 17.1 Å². The molecule has 0 spiro atoms. The van der Waals surface area contributed by atoms with E-state index in [0.717, 1.165) is 5.56 Å². The fourth-order valence-electron chi connectivity index (χ4n) is 1.91. The number of benzene rings is 2.